The molecule has 0 amide bonds. The highest BCUT2D eigenvalue weighted by atomic mass is 16.5. The Hall–Kier alpha value is -2.93. The summed E-state index contributed by atoms with van der Waals surface area (Å²) in [6.07, 6.45) is 3.49. The molecule has 1 N–H and O–H groups in total. The van der Waals surface area contributed by atoms with Crippen molar-refractivity contribution in [2.75, 3.05) is 31.1 Å². The Morgan fingerprint density at radius 2 is 1.68 bits per heavy atom. The van der Waals surface area contributed by atoms with Crippen LogP contribution in [0.3, 0.4) is 0 Å². The van der Waals surface area contributed by atoms with Gasteiger partial charge in [0.1, 0.15) is 11.8 Å². The number of Topliss-reactive ketones (excluding diaryl/α,β-unsaturated/α-hetero) is 1. The highest BCUT2D eigenvalue weighted by Gasteiger charge is 2.50. The van der Waals surface area contributed by atoms with Crippen LogP contribution in [0.5, 0.6) is 5.75 Å². The van der Waals surface area contributed by atoms with E-state index in [-0.39, 0.29) is 5.78 Å². The van der Waals surface area contributed by atoms with Gasteiger partial charge >= 0.3 is 5.97 Å². The minimum Gasteiger partial charge on any atom is -0.478 e. The van der Waals surface area contributed by atoms with E-state index in [0.29, 0.717) is 31.9 Å². The minimum atomic E-state index is -1.69. The van der Waals surface area contributed by atoms with E-state index >= 15 is 0 Å². The number of rotatable bonds is 7. The van der Waals surface area contributed by atoms with Crippen LogP contribution in [0.1, 0.15) is 13.8 Å². The van der Waals surface area contributed by atoms with Crippen LogP contribution in [0.25, 0.3) is 0 Å². The lowest BCUT2D eigenvalue weighted by Crippen LogP contribution is -2.65. The van der Waals surface area contributed by atoms with Crippen LogP contribution in [0.4, 0.5) is 5.69 Å². The summed E-state index contributed by atoms with van der Waals surface area (Å²) in [5.41, 5.74) is -0.623. The van der Waals surface area contributed by atoms with E-state index in [4.69, 9.17) is 4.74 Å². The second kappa shape index (κ2) is 8.39. The number of pyridine rings is 1. The van der Waals surface area contributed by atoms with Crippen LogP contribution in [-0.2, 0) is 9.59 Å². The highest BCUT2D eigenvalue weighted by molar-refractivity contribution is 5.91. The van der Waals surface area contributed by atoms with Crippen LogP contribution in [0.2, 0.25) is 0 Å². The molecule has 148 valence electrons. The standard InChI is InChI=1S/C21H25N3O4/c1-16(25)19(21(2,20(26)27)28-18-6-4-3-5-7-18)24-14-12-23(13-15-24)17-8-10-22-11-9-17/h3-11,19H,12-15H2,1-2H3,(H,26,27). The Balaban J connectivity index is 1.80. The third-order valence-corrected chi connectivity index (χ3v) is 5.11. The summed E-state index contributed by atoms with van der Waals surface area (Å²) in [7, 11) is 0. The molecular weight excluding hydrogens is 358 g/mol. The van der Waals surface area contributed by atoms with Crippen LogP contribution in [0, 0.1) is 0 Å². The van der Waals surface area contributed by atoms with Gasteiger partial charge in [0.05, 0.1) is 0 Å². The van der Waals surface area contributed by atoms with Gasteiger partial charge in [0, 0.05) is 44.3 Å². The largest absolute Gasteiger partial charge is 0.478 e. The average molecular weight is 383 g/mol. The summed E-state index contributed by atoms with van der Waals surface area (Å²) in [5.74, 6) is -0.958. The molecule has 0 saturated carbocycles. The molecule has 7 heteroatoms. The monoisotopic (exact) mass is 383 g/mol. The van der Waals surface area contributed by atoms with Crippen molar-refractivity contribution in [3.05, 3.63) is 54.9 Å². The normalized spacial score (nSPS) is 18.1. The number of carboxylic acids is 1. The van der Waals surface area contributed by atoms with Crippen molar-refractivity contribution in [2.24, 2.45) is 0 Å². The summed E-state index contributed by atoms with van der Waals surface area (Å²) >= 11 is 0. The molecule has 2 unspecified atom stereocenters. The Morgan fingerprint density at radius 1 is 1.07 bits per heavy atom. The molecule has 0 spiro atoms. The number of anilines is 1. The lowest BCUT2D eigenvalue weighted by atomic mass is 9.90. The molecule has 1 saturated heterocycles. The van der Waals surface area contributed by atoms with E-state index in [2.05, 4.69) is 9.88 Å². The van der Waals surface area contributed by atoms with Crippen LogP contribution >= 0.6 is 0 Å². The third-order valence-electron chi connectivity index (χ3n) is 5.11. The fourth-order valence-electron chi connectivity index (χ4n) is 3.74. The molecule has 1 fully saturated rings. The zero-order valence-electron chi connectivity index (χ0n) is 16.1. The molecular formula is C21H25N3O4. The summed E-state index contributed by atoms with van der Waals surface area (Å²) < 4.78 is 5.87. The fraction of sp³-hybridized carbons (Fsp3) is 0.381. The SMILES string of the molecule is CC(=O)C(N1CCN(c2ccncc2)CC1)C(C)(Oc1ccccc1)C(=O)O. The maximum absolute atomic E-state index is 12.5. The Morgan fingerprint density at radius 3 is 2.21 bits per heavy atom. The number of para-hydroxylation sites is 1. The van der Waals surface area contributed by atoms with Crippen LogP contribution < -0.4 is 9.64 Å². The van der Waals surface area contributed by atoms with Gasteiger partial charge in [0.15, 0.2) is 5.78 Å². The zero-order chi connectivity index (χ0) is 20.1. The molecule has 28 heavy (non-hydrogen) atoms. The van der Waals surface area contributed by atoms with E-state index in [1.54, 1.807) is 36.7 Å². The number of benzene rings is 1. The van der Waals surface area contributed by atoms with Crippen molar-refractivity contribution >= 4 is 17.4 Å². The number of ether oxygens (including phenoxy) is 1. The number of carbonyl (C=O) groups is 2. The first-order valence-electron chi connectivity index (χ1n) is 9.29. The summed E-state index contributed by atoms with van der Waals surface area (Å²) in [6.45, 7) is 5.41. The quantitative estimate of drug-likeness (QED) is 0.784. The van der Waals surface area contributed by atoms with Gasteiger partial charge in [-0.3, -0.25) is 14.7 Å². The van der Waals surface area contributed by atoms with Gasteiger partial charge in [-0.15, -0.1) is 0 Å². The average Bonchev–Trinajstić information content (AvgIpc) is 2.69. The Bertz CT molecular complexity index is 807. The third kappa shape index (κ3) is 4.14. The zero-order valence-corrected chi connectivity index (χ0v) is 16.1. The van der Waals surface area contributed by atoms with Gasteiger partial charge in [-0.25, -0.2) is 4.79 Å². The van der Waals surface area contributed by atoms with Gasteiger partial charge in [-0.05, 0) is 38.1 Å². The van der Waals surface area contributed by atoms with E-state index in [9.17, 15) is 14.7 Å². The first kappa shape index (κ1) is 19.8. The lowest BCUT2D eigenvalue weighted by molar-refractivity contribution is -0.164. The topological polar surface area (TPSA) is 83.0 Å². The first-order chi connectivity index (χ1) is 13.4. The summed E-state index contributed by atoms with van der Waals surface area (Å²) in [5, 5.41) is 9.95. The predicted octanol–water partition coefficient (Wildman–Crippen LogP) is 2.08. The predicted molar refractivity (Wildman–Crippen MR) is 106 cm³/mol. The van der Waals surface area contributed by atoms with Gasteiger partial charge in [0.25, 0.3) is 0 Å². The summed E-state index contributed by atoms with van der Waals surface area (Å²) in [6, 6.07) is 11.8. The van der Waals surface area contributed by atoms with E-state index < -0.39 is 17.6 Å². The second-order valence-corrected chi connectivity index (χ2v) is 7.07. The smallest absolute Gasteiger partial charge is 0.349 e. The van der Waals surface area contributed by atoms with Crippen molar-refractivity contribution < 1.29 is 19.4 Å². The second-order valence-electron chi connectivity index (χ2n) is 7.07. The van der Waals surface area contributed by atoms with E-state index in [1.807, 2.05) is 23.1 Å². The van der Waals surface area contributed by atoms with Gasteiger partial charge in [-0.1, -0.05) is 18.2 Å². The van der Waals surface area contributed by atoms with Gasteiger partial charge < -0.3 is 14.7 Å². The number of piperazine rings is 1. The highest BCUT2D eigenvalue weighted by Crippen LogP contribution is 2.27. The number of nitrogens with zero attached hydrogens (tertiary/aromatic N) is 3. The molecule has 0 aliphatic carbocycles. The minimum absolute atomic E-state index is 0.224. The molecule has 2 aromatic rings. The Kier molecular flexibility index (Phi) is 5.94. The Labute approximate surface area is 164 Å². The number of aromatic nitrogens is 1. The number of ketones is 1. The van der Waals surface area contributed by atoms with Gasteiger partial charge in [0.2, 0.25) is 5.60 Å². The molecule has 7 nitrogen and oxygen atoms in total. The van der Waals surface area contributed by atoms with E-state index in [0.717, 1.165) is 5.69 Å². The number of carbonyl (C=O) groups excluding carboxylic acids is 1. The molecule has 1 aliphatic heterocycles. The molecule has 2 atom stereocenters. The van der Waals surface area contributed by atoms with Crippen molar-refractivity contribution in [3.8, 4) is 5.75 Å². The van der Waals surface area contributed by atoms with Crippen LogP contribution in [-0.4, -0.2) is 64.6 Å². The number of hydrogen-bond donors (Lipinski definition) is 1. The van der Waals surface area contributed by atoms with Crippen molar-refractivity contribution in [1.29, 1.82) is 0 Å². The van der Waals surface area contributed by atoms with Gasteiger partial charge in [-0.2, -0.15) is 0 Å². The molecule has 3 rings (SSSR count). The number of aliphatic carboxylic acids is 1. The maximum Gasteiger partial charge on any atom is 0.349 e. The molecule has 0 bridgehead atoms. The fourth-order valence-corrected chi connectivity index (χ4v) is 3.74. The molecule has 0 radical (unpaired) electrons. The molecule has 2 heterocycles. The molecule has 1 aromatic carbocycles. The first-order valence-corrected chi connectivity index (χ1v) is 9.29. The number of carboxylic acid groups (broad SMARTS) is 1. The summed E-state index contributed by atoms with van der Waals surface area (Å²) in [4.78, 5) is 32.9. The van der Waals surface area contributed by atoms with Crippen LogP contribution in [0.15, 0.2) is 54.9 Å². The maximum atomic E-state index is 12.5. The molecule has 1 aromatic heterocycles. The van der Waals surface area contributed by atoms with E-state index in [1.165, 1.54) is 13.8 Å². The molecule has 1 aliphatic rings. The van der Waals surface area contributed by atoms with Crippen molar-refractivity contribution in [3.63, 3.8) is 0 Å². The van der Waals surface area contributed by atoms with Crippen molar-refractivity contribution in [1.82, 2.24) is 9.88 Å². The van der Waals surface area contributed by atoms with Crippen molar-refractivity contribution in [2.45, 2.75) is 25.5 Å². The number of hydrogen-bond acceptors (Lipinski definition) is 6. The lowest BCUT2D eigenvalue weighted by Gasteiger charge is -2.44.